The molecule has 0 spiro atoms. The van der Waals surface area contributed by atoms with Crippen LogP contribution < -0.4 is 5.69 Å². The van der Waals surface area contributed by atoms with Gasteiger partial charge in [-0.05, 0) is 30.7 Å². The van der Waals surface area contributed by atoms with Gasteiger partial charge in [-0.15, -0.1) is 0 Å². The van der Waals surface area contributed by atoms with Crippen LogP contribution in [0.3, 0.4) is 0 Å². The highest BCUT2D eigenvalue weighted by Crippen LogP contribution is 2.26. The van der Waals surface area contributed by atoms with Crippen LogP contribution in [0.1, 0.15) is 22.8 Å². The molecule has 0 amide bonds. The number of Topliss-reactive ketones (excluding diaryl/α,β-unsaturated/α-hetero) is 1. The summed E-state index contributed by atoms with van der Waals surface area (Å²) < 4.78 is 26.3. The van der Waals surface area contributed by atoms with Gasteiger partial charge in [-0.25, -0.2) is 13.2 Å². The molecule has 0 unspecified atom stereocenters. The minimum absolute atomic E-state index is 0.00656. The molecule has 1 aromatic carbocycles. The van der Waals surface area contributed by atoms with E-state index >= 15 is 0 Å². The maximum Gasteiger partial charge on any atom is 0.348 e. The van der Waals surface area contributed by atoms with Crippen molar-refractivity contribution in [2.75, 3.05) is 11.5 Å². The first-order chi connectivity index (χ1) is 12.8. The van der Waals surface area contributed by atoms with E-state index in [-0.39, 0.29) is 29.9 Å². The highest BCUT2D eigenvalue weighted by atomic mass is 35.5. The molecular weight excluding hydrogens is 392 g/mol. The van der Waals surface area contributed by atoms with Crippen molar-refractivity contribution in [2.24, 2.45) is 0 Å². The van der Waals surface area contributed by atoms with E-state index in [9.17, 15) is 18.0 Å². The molecular formula is C17H15ClN4O4S. The van der Waals surface area contributed by atoms with Gasteiger partial charge in [-0.2, -0.15) is 10.1 Å². The topological polar surface area (TPSA) is 104 Å². The summed E-state index contributed by atoms with van der Waals surface area (Å²) in [4.78, 5) is 28.6. The van der Waals surface area contributed by atoms with Crippen LogP contribution in [0, 0.1) is 0 Å². The number of hydrogen-bond acceptors (Lipinski definition) is 6. The quantitative estimate of drug-likeness (QED) is 0.608. The minimum atomic E-state index is -3.08. The number of carbonyl (C=O) groups excluding carboxylic acids is 1. The lowest BCUT2D eigenvalue weighted by Crippen LogP contribution is -2.26. The number of hydrogen-bond donors (Lipinski definition) is 0. The number of nitrogens with zero attached hydrogens (tertiary/aromatic N) is 4. The van der Waals surface area contributed by atoms with E-state index in [1.54, 1.807) is 28.9 Å². The first-order valence-electron chi connectivity index (χ1n) is 8.26. The Morgan fingerprint density at radius 3 is 2.59 bits per heavy atom. The van der Waals surface area contributed by atoms with Gasteiger partial charge in [-0.3, -0.25) is 14.0 Å². The average molecular weight is 407 g/mol. The van der Waals surface area contributed by atoms with Crippen LogP contribution in [0.25, 0.3) is 11.0 Å². The molecule has 0 N–H and O–H groups in total. The van der Waals surface area contributed by atoms with E-state index in [0.717, 1.165) is 0 Å². The first-order valence-corrected chi connectivity index (χ1v) is 10.5. The maximum absolute atomic E-state index is 12.5. The molecule has 3 heterocycles. The number of ketones is 1. The van der Waals surface area contributed by atoms with E-state index in [4.69, 9.17) is 11.6 Å². The van der Waals surface area contributed by atoms with Crippen molar-refractivity contribution in [1.82, 2.24) is 19.3 Å². The van der Waals surface area contributed by atoms with Gasteiger partial charge in [-0.1, -0.05) is 11.6 Å². The molecule has 10 heteroatoms. The number of halogens is 1. The van der Waals surface area contributed by atoms with Gasteiger partial charge in [0.15, 0.2) is 15.6 Å². The number of fused-ring (bicyclic) bond motifs is 1. The molecule has 0 radical (unpaired) electrons. The molecule has 140 valence electrons. The number of aromatic nitrogens is 4. The molecule has 0 bridgehead atoms. The van der Waals surface area contributed by atoms with E-state index < -0.39 is 15.5 Å². The van der Waals surface area contributed by atoms with E-state index in [1.807, 2.05) is 0 Å². The summed E-state index contributed by atoms with van der Waals surface area (Å²) in [5, 5.41) is 4.77. The second kappa shape index (κ2) is 6.58. The van der Waals surface area contributed by atoms with E-state index in [0.29, 0.717) is 28.0 Å². The normalized spacial score (nSPS) is 18.8. The fraction of sp³-hybridized carbons (Fsp3) is 0.294. The van der Waals surface area contributed by atoms with Crippen LogP contribution in [-0.4, -0.2) is 45.0 Å². The Morgan fingerprint density at radius 1 is 1.19 bits per heavy atom. The molecule has 4 rings (SSSR count). The molecule has 0 aliphatic carbocycles. The zero-order valence-electron chi connectivity index (χ0n) is 14.1. The summed E-state index contributed by atoms with van der Waals surface area (Å²) in [7, 11) is -3.08. The van der Waals surface area contributed by atoms with Crippen molar-refractivity contribution < 1.29 is 13.2 Å². The monoisotopic (exact) mass is 406 g/mol. The van der Waals surface area contributed by atoms with E-state index in [1.165, 1.54) is 17.0 Å². The third kappa shape index (κ3) is 3.40. The molecule has 27 heavy (non-hydrogen) atoms. The van der Waals surface area contributed by atoms with Crippen LogP contribution >= 0.6 is 11.6 Å². The van der Waals surface area contributed by atoms with Crippen molar-refractivity contribution in [3.8, 4) is 0 Å². The Labute approximate surface area is 159 Å². The molecule has 3 aromatic rings. The molecule has 1 aliphatic rings. The van der Waals surface area contributed by atoms with Crippen molar-refractivity contribution in [2.45, 2.75) is 19.0 Å². The molecule has 8 nitrogen and oxygen atoms in total. The van der Waals surface area contributed by atoms with Crippen LogP contribution in [0.4, 0.5) is 0 Å². The number of carbonyl (C=O) groups is 1. The van der Waals surface area contributed by atoms with Crippen molar-refractivity contribution in [3.05, 3.63) is 57.7 Å². The zero-order chi connectivity index (χ0) is 19.2. The van der Waals surface area contributed by atoms with Gasteiger partial charge < -0.3 is 0 Å². The Balaban J connectivity index is 1.71. The fourth-order valence-electron chi connectivity index (χ4n) is 3.27. The standard InChI is InChI=1S/C17H15ClN4O4S/c18-12-3-1-11(2-4-12)16(23)9-21-14-8-20-22(15(14)7-19-17(21)24)13-5-6-27(25,26)10-13/h1-4,7-8,13H,5-6,9-10H2/t13-/m1/s1. The molecule has 1 saturated heterocycles. The lowest BCUT2D eigenvalue weighted by Gasteiger charge is -2.11. The lowest BCUT2D eigenvalue weighted by atomic mass is 10.1. The first kappa shape index (κ1) is 17.9. The third-order valence-corrected chi connectivity index (χ3v) is 6.66. The van der Waals surface area contributed by atoms with Gasteiger partial charge in [0.1, 0.15) is 5.52 Å². The second-order valence-corrected chi connectivity index (χ2v) is 9.14. The maximum atomic E-state index is 12.5. The SMILES string of the molecule is O=C(Cn1c(=O)ncc2c1cnn2[C@@H]1CCS(=O)(=O)C1)c1ccc(Cl)cc1. The Bertz CT molecular complexity index is 1200. The van der Waals surface area contributed by atoms with Crippen LogP contribution in [0.2, 0.25) is 5.02 Å². The predicted molar refractivity (Wildman–Crippen MR) is 99.9 cm³/mol. The van der Waals surface area contributed by atoms with Crippen LogP contribution in [0.5, 0.6) is 0 Å². The summed E-state index contributed by atoms with van der Waals surface area (Å²) in [5.74, 6) is -0.146. The number of benzene rings is 1. The molecule has 1 fully saturated rings. The third-order valence-electron chi connectivity index (χ3n) is 4.65. The molecule has 1 aliphatic heterocycles. The Morgan fingerprint density at radius 2 is 1.93 bits per heavy atom. The highest BCUT2D eigenvalue weighted by molar-refractivity contribution is 7.91. The summed E-state index contributed by atoms with van der Waals surface area (Å²) in [6.45, 7) is -0.195. The largest absolute Gasteiger partial charge is 0.348 e. The lowest BCUT2D eigenvalue weighted by molar-refractivity contribution is 0.0972. The number of rotatable bonds is 4. The predicted octanol–water partition coefficient (Wildman–Crippen LogP) is 1.49. The van der Waals surface area contributed by atoms with Gasteiger partial charge >= 0.3 is 5.69 Å². The van der Waals surface area contributed by atoms with Crippen molar-refractivity contribution in [3.63, 3.8) is 0 Å². The summed E-state index contributed by atoms with van der Waals surface area (Å²) in [6, 6.07) is 6.10. The summed E-state index contributed by atoms with van der Waals surface area (Å²) >= 11 is 5.83. The zero-order valence-corrected chi connectivity index (χ0v) is 15.7. The van der Waals surface area contributed by atoms with Gasteiger partial charge in [0, 0.05) is 10.6 Å². The Kier molecular flexibility index (Phi) is 4.35. The molecule has 0 saturated carbocycles. The van der Waals surface area contributed by atoms with Gasteiger partial charge in [0.2, 0.25) is 0 Å². The summed E-state index contributed by atoms with van der Waals surface area (Å²) in [5.41, 5.74) is 0.836. The number of sulfone groups is 1. The highest BCUT2D eigenvalue weighted by Gasteiger charge is 2.31. The average Bonchev–Trinajstić information content (AvgIpc) is 3.20. The van der Waals surface area contributed by atoms with Crippen molar-refractivity contribution >= 4 is 38.3 Å². The van der Waals surface area contributed by atoms with Gasteiger partial charge in [0.25, 0.3) is 0 Å². The molecule has 1 atom stereocenters. The van der Waals surface area contributed by atoms with E-state index in [2.05, 4.69) is 10.1 Å². The van der Waals surface area contributed by atoms with Crippen LogP contribution in [-0.2, 0) is 16.4 Å². The second-order valence-electron chi connectivity index (χ2n) is 6.47. The van der Waals surface area contributed by atoms with Crippen LogP contribution in [0.15, 0.2) is 41.5 Å². The van der Waals surface area contributed by atoms with Crippen molar-refractivity contribution in [1.29, 1.82) is 0 Å². The van der Waals surface area contributed by atoms with Gasteiger partial charge in [0.05, 0.1) is 42.0 Å². The molecule has 2 aromatic heterocycles. The summed E-state index contributed by atoms with van der Waals surface area (Å²) in [6.07, 6.45) is 3.30. The smallest absolute Gasteiger partial charge is 0.292 e. The Hall–Kier alpha value is -2.52. The minimum Gasteiger partial charge on any atom is -0.292 e. The fourth-order valence-corrected chi connectivity index (χ4v) is 5.09.